The predicted octanol–water partition coefficient (Wildman–Crippen LogP) is 1.38. The number of hydrogen-bond donors (Lipinski definition) is 0. The standard InChI is InChI=1S/C7H18N3.C3F7O/c1-8-7(9(2)3)10(4,5)6;4-1(11,2(5,6)7)3(8,9)10/h1-6H3;/q+1;-1. The second-order valence-corrected chi connectivity index (χ2v) is 5.02. The fourth-order valence-corrected chi connectivity index (χ4v) is 1.26. The minimum absolute atomic E-state index is 0.767. The van der Waals surface area contributed by atoms with Gasteiger partial charge in [-0.2, -0.15) is 26.3 Å². The highest BCUT2D eigenvalue weighted by Gasteiger charge is 2.63. The summed E-state index contributed by atoms with van der Waals surface area (Å²) in [5.41, 5.74) is 0. The van der Waals surface area contributed by atoms with E-state index in [9.17, 15) is 35.8 Å². The van der Waals surface area contributed by atoms with Gasteiger partial charge in [-0.05, 0) is 0 Å². The maximum atomic E-state index is 11.3. The summed E-state index contributed by atoms with van der Waals surface area (Å²) in [4.78, 5) is 6.20. The molecular formula is C10H18F7N3O. The van der Waals surface area contributed by atoms with Crippen molar-refractivity contribution in [2.24, 2.45) is 4.99 Å². The number of nitrogens with zero attached hydrogens (tertiary/aromatic N) is 3. The maximum Gasteiger partial charge on any atom is 0.416 e. The third kappa shape index (κ3) is 6.46. The van der Waals surface area contributed by atoms with E-state index in [0.717, 1.165) is 10.4 Å². The molecule has 0 radical (unpaired) electrons. The Morgan fingerprint density at radius 3 is 1.19 bits per heavy atom. The Morgan fingerprint density at radius 2 is 1.19 bits per heavy atom. The first-order chi connectivity index (χ1) is 8.89. The molecule has 0 aromatic carbocycles. The van der Waals surface area contributed by atoms with Crippen molar-refractivity contribution in [1.29, 1.82) is 0 Å². The van der Waals surface area contributed by atoms with Crippen molar-refractivity contribution in [3.63, 3.8) is 0 Å². The lowest BCUT2D eigenvalue weighted by Gasteiger charge is -2.34. The minimum atomic E-state index is -6.47. The fraction of sp³-hybridized carbons (Fsp3) is 0.900. The minimum Gasteiger partial charge on any atom is -0.811 e. The number of quaternary nitrogens is 1. The molecule has 128 valence electrons. The normalized spacial score (nSPS) is 14.5. The molecule has 0 amide bonds. The van der Waals surface area contributed by atoms with Gasteiger partial charge in [-0.15, -0.1) is 0 Å². The van der Waals surface area contributed by atoms with Crippen LogP contribution in [0.25, 0.3) is 0 Å². The monoisotopic (exact) mass is 329 g/mol. The van der Waals surface area contributed by atoms with Crippen LogP contribution < -0.4 is 5.11 Å². The van der Waals surface area contributed by atoms with E-state index in [1.54, 1.807) is 0 Å². The zero-order chi connectivity index (χ0) is 17.9. The molecule has 0 aromatic rings. The summed E-state index contributed by atoms with van der Waals surface area (Å²) in [6, 6.07) is 0. The van der Waals surface area contributed by atoms with Gasteiger partial charge in [-0.3, -0.25) is 4.48 Å². The quantitative estimate of drug-likeness (QED) is 0.291. The van der Waals surface area contributed by atoms with Crippen molar-refractivity contribution in [1.82, 2.24) is 4.90 Å². The zero-order valence-corrected chi connectivity index (χ0v) is 12.4. The zero-order valence-electron chi connectivity index (χ0n) is 12.4. The molecule has 11 heteroatoms. The highest BCUT2D eigenvalue weighted by molar-refractivity contribution is 5.72. The fourth-order valence-electron chi connectivity index (χ4n) is 1.26. The Morgan fingerprint density at radius 1 is 0.905 bits per heavy atom. The molecular weight excluding hydrogens is 311 g/mol. The van der Waals surface area contributed by atoms with Crippen LogP contribution in [0.1, 0.15) is 0 Å². The predicted molar refractivity (Wildman–Crippen MR) is 61.0 cm³/mol. The molecule has 0 atom stereocenters. The largest absolute Gasteiger partial charge is 0.811 e. The summed E-state index contributed by atoms with van der Waals surface area (Å²) in [5, 5.41) is 9.23. The van der Waals surface area contributed by atoms with Gasteiger partial charge in [-0.25, -0.2) is 9.38 Å². The van der Waals surface area contributed by atoms with E-state index >= 15 is 0 Å². The molecule has 0 fully saturated rings. The molecule has 0 aliphatic heterocycles. The Balaban J connectivity index is 0. The molecule has 21 heavy (non-hydrogen) atoms. The topological polar surface area (TPSA) is 38.7 Å². The van der Waals surface area contributed by atoms with Gasteiger partial charge < -0.3 is 10.0 Å². The first-order valence-electron chi connectivity index (χ1n) is 5.38. The van der Waals surface area contributed by atoms with Gasteiger partial charge in [0.2, 0.25) is 5.85 Å². The highest BCUT2D eigenvalue weighted by atomic mass is 19.4. The van der Waals surface area contributed by atoms with Crippen LogP contribution in [0.4, 0.5) is 30.7 Å². The van der Waals surface area contributed by atoms with Crippen LogP contribution in [0.5, 0.6) is 0 Å². The van der Waals surface area contributed by atoms with E-state index in [1.807, 2.05) is 26.0 Å². The molecule has 0 aliphatic rings. The summed E-state index contributed by atoms with van der Waals surface area (Å²) in [6.07, 6.45) is -12.9. The third-order valence-corrected chi connectivity index (χ3v) is 1.93. The molecule has 0 bridgehead atoms. The van der Waals surface area contributed by atoms with Gasteiger partial charge in [0, 0.05) is 21.1 Å². The average molecular weight is 329 g/mol. The third-order valence-electron chi connectivity index (χ3n) is 1.93. The molecule has 0 aromatic heterocycles. The van der Waals surface area contributed by atoms with Crippen LogP contribution in [-0.2, 0) is 0 Å². The number of halogens is 7. The van der Waals surface area contributed by atoms with Crippen LogP contribution in [0.2, 0.25) is 0 Å². The van der Waals surface area contributed by atoms with Gasteiger partial charge in [0.05, 0.1) is 21.1 Å². The highest BCUT2D eigenvalue weighted by Crippen LogP contribution is 2.41. The summed E-state index contributed by atoms with van der Waals surface area (Å²) >= 11 is 0. The lowest BCUT2D eigenvalue weighted by Crippen LogP contribution is -2.62. The molecule has 0 spiro atoms. The number of rotatable bonds is 0. The summed E-state index contributed by atoms with van der Waals surface area (Å²) < 4.78 is 77.6. The van der Waals surface area contributed by atoms with Crippen LogP contribution in [-0.4, -0.2) is 75.8 Å². The van der Waals surface area contributed by atoms with E-state index in [1.165, 1.54) is 0 Å². The van der Waals surface area contributed by atoms with Gasteiger partial charge >= 0.3 is 12.4 Å². The number of hydrogen-bond acceptors (Lipinski definition) is 2. The van der Waals surface area contributed by atoms with Crippen molar-refractivity contribution >= 4 is 5.96 Å². The van der Waals surface area contributed by atoms with Gasteiger partial charge in [-0.1, -0.05) is 0 Å². The summed E-state index contributed by atoms with van der Waals surface area (Å²) in [5.74, 6) is -5.31. The van der Waals surface area contributed by atoms with E-state index in [4.69, 9.17) is 0 Å². The molecule has 0 saturated heterocycles. The smallest absolute Gasteiger partial charge is 0.416 e. The number of alkyl halides is 7. The molecule has 0 unspecified atom stereocenters. The summed E-state index contributed by atoms with van der Waals surface area (Å²) in [6.45, 7) is 0. The number of aliphatic imine (C=N–C) groups is 1. The molecule has 0 aliphatic carbocycles. The van der Waals surface area contributed by atoms with Crippen molar-refractivity contribution in [3.8, 4) is 0 Å². The Hall–Kier alpha value is -1.10. The summed E-state index contributed by atoms with van der Waals surface area (Å²) in [7, 11) is 12.1. The second kappa shape index (κ2) is 6.77. The molecule has 0 N–H and O–H groups in total. The maximum absolute atomic E-state index is 11.3. The van der Waals surface area contributed by atoms with Crippen LogP contribution in [0.15, 0.2) is 4.99 Å². The average Bonchev–Trinajstić information content (AvgIpc) is 2.12. The first-order valence-corrected chi connectivity index (χ1v) is 5.38. The van der Waals surface area contributed by atoms with Crippen LogP contribution in [0, 0.1) is 0 Å². The SMILES string of the molecule is CN=C(N(C)C)[N+](C)(C)C.[O-]C(F)(C(F)(F)F)C(F)(F)F. The van der Waals surface area contributed by atoms with Gasteiger partial charge in [0.15, 0.2) is 0 Å². The van der Waals surface area contributed by atoms with Gasteiger partial charge in [0.1, 0.15) is 0 Å². The number of guanidine groups is 1. The molecule has 0 rings (SSSR count). The molecule has 0 heterocycles. The lowest BCUT2D eigenvalue weighted by molar-refractivity contribution is -0.782. The Kier molecular flexibility index (Phi) is 7.16. The van der Waals surface area contributed by atoms with Gasteiger partial charge in [0.25, 0.3) is 5.96 Å². The van der Waals surface area contributed by atoms with Crippen LogP contribution in [0.3, 0.4) is 0 Å². The Labute approximate surface area is 118 Å². The van der Waals surface area contributed by atoms with Crippen molar-refractivity contribution in [3.05, 3.63) is 0 Å². The first kappa shape index (κ1) is 22.2. The van der Waals surface area contributed by atoms with E-state index in [2.05, 4.69) is 26.1 Å². The molecule has 4 nitrogen and oxygen atoms in total. The lowest BCUT2D eigenvalue weighted by atomic mass is 10.3. The van der Waals surface area contributed by atoms with Crippen LogP contribution >= 0.6 is 0 Å². The second-order valence-electron chi connectivity index (χ2n) is 5.02. The van der Waals surface area contributed by atoms with E-state index < -0.39 is 18.2 Å². The van der Waals surface area contributed by atoms with Crippen molar-refractivity contribution < 1.29 is 40.3 Å². The van der Waals surface area contributed by atoms with Crippen molar-refractivity contribution in [2.45, 2.75) is 18.2 Å². The van der Waals surface area contributed by atoms with E-state index in [-0.39, 0.29) is 0 Å². The van der Waals surface area contributed by atoms with Crippen molar-refractivity contribution in [2.75, 3.05) is 42.3 Å². The Bertz CT molecular complexity index is 337. The van der Waals surface area contributed by atoms with E-state index in [0.29, 0.717) is 0 Å². The molecule has 0 saturated carbocycles.